The first-order valence-corrected chi connectivity index (χ1v) is 9.56. The molecule has 0 fully saturated rings. The van der Waals surface area contributed by atoms with E-state index in [-0.39, 0.29) is 6.54 Å². The number of hydrogen-bond donors (Lipinski definition) is 3. The molecule has 0 aliphatic heterocycles. The van der Waals surface area contributed by atoms with E-state index in [9.17, 15) is 9.59 Å². The zero-order chi connectivity index (χ0) is 19.5. The molecule has 2 rings (SSSR count). The number of carbonyl (C=O) groups is 2. The molecule has 0 spiro atoms. The molecule has 0 heterocycles. The van der Waals surface area contributed by atoms with Crippen LogP contribution in [0.2, 0.25) is 0 Å². The highest BCUT2D eigenvalue weighted by molar-refractivity contribution is 7.98. The molecule has 140 valence electrons. The Morgan fingerprint density at radius 1 is 1.11 bits per heavy atom. The molecule has 0 saturated heterocycles. The number of nitrogens with zero attached hydrogens (tertiary/aromatic N) is 1. The van der Waals surface area contributed by atoms with Crippen LogP contribution >= 0.6 is 11.8 Å². The molecule has 3 N–H and O–H groups in total. The number of carbonyl (C=O) groups excluding carboxylic acids is 2. The summed E-state index contributed by atoms with van der Waals surface area (Å²) in [7, 11) is 0. The number of amides is 3. The van der Waals surface area contributed by atoms with Crippen LogP contribution in [-0.4, -0.2) is 36.5 Å². The van der Waals surface area contributed by atoms with Crippen LogP contribution in [0.25, 0.3) is 0 Å². The van der Waals surface area contributed by atoms with Crippen molar-refractivity contribution in [1.82, 2.24) is 10.6 Å². The van der Waals surface area contributed by atoms with E-state index in [1.807, 2.05) is 42.7 Å². The van der Waals surface area contributed by atoms with Gasteiger partial charge in [-0.2, -0.15) is 17.0 Å². The topological polar surface area (TPSA) is 103 Å². The number of nitrogens with one attached hydrogen (secondary N) is 3. The Morgan fingerprint density at radius 3 is 2.41 bits per heavy atom. The summed E-state index contributed by atoms with van der Waals surface area (Å²) in [6.07, 6.45) is 1.83. The molecule has 2 aromatic carbocycles. The highest BCUT2D eigenvalue weighted by atomic mass is 32.2. The van der Waals surface area contributed by atoms with Crippen LogP contribution in [0.15, 0.2) is 54.6 Å². The number of anilines is 1. The van der Waals surface area contributed by atoms with E-state index in [4.69, 9.17) is 10.00 Å². The molecule has 7 nitrogen and oxygen atoms in total. The summed E-state index contributed by atoms with van der Waals surface area (Å²) in [6.45, 7) is -0.101. The Balaban J connectivity index is 1.90. The van der Waals surface area contributed by atoms with E-state index in [2.05, 4.69) is 16.0 Å². The van der Waals surface area contributed by atoms with Gasteiger partial charge in [0.25, 0.3) is 0 Å². The molecular weight excluding hydrogens is 364 g/mol. The van der Waals surface area contributed by atoms with Gasteiger partial charge in [0.2, 0.25) is 5.91 Å². The first-order valence-electron chi connectivity index (χ1n) is 8.16. The molecule has 1 unspecified atom stereocenters. The number of urea groups is 1. The fourth-order valence-corrected chi connectivity index (χ4v) is 2.72. The van der Waals surface area contributed by atoms with E-state index >= 15 is 0 Å². The van der Waals surface area contributed by atoms with Crippen molar-refractivity contribution in [2.24, 2.45) is 0 Å². The highest BCUT2D eigenvalue weighted by Crippen LogP contribution is 2.22. The molecule has 2 aromatic rings. The van der Waals surface area contributed by atoms with Crippen molar-refractivity contribution < 1.29 is 14.3 Å². The summed E-state index contributed by atoms with van der Waals surface area (Å²) in [6, 6.07) is 16.9. The molecule has 3 amide bonds. The summed E-state index contributed by atoms with van der Waals surface area (Å²) in [5.41, 5.74) is 0.563. The van der Waals surface area contributed by atoms with Crippen molar-refractivity contribution in [3.8, 4) is 17.6 Å². The van der Waals surface area contributed by atoms with Crippen molar-refractivity contribution in [3.63, 3.8) is 0 Å². The minimum absolute atomic E-state index is 0.101. The van der Waals surface area contributed by atoms with E-state index in [0.29, 0.717) is 17.2 Å². The molecule has 1 atom stereocenters. The SMILES string of the molecule is CSCC(NC(=O)Nc1ccc(Oc2ccccc2)cc1)C(=O)NCC#N. The number of rotatable bonds is 8. The number of benzene rings is 2. The van der Waals surface area contributed by atoms with E-state index in [0.717, 1.165) is 5.75 Å². The lowest BCUT2D eigenvalue weighted by molar-refractivity contribution is -0.122. The maximum Gasteiger partial charge on any atom is 0.319 e. The lowest BCUT2D eigenvalue weighted by Crippen LogP contribution is -2.49. The largest absolute Gasteiger partial charge is 0.457 e. The van der Waals surface area contributed by atoms with Crippen LogP contribution in [0.1, 0.15) is 0 Å². The van der Waals surface area contributed by atoms with Gasteiger partial charge in [0.15, 0.2) is 0 Å². The summed E-state index contributed by atoms with van der Waals surface area (Å²) in [5.74, 6) is 1.37. The van der Waals surface area contributed by atoms with Gasteiger partial charge in [0.05, 0.1) is 6.07 Å². The second-order valence-electron chi connectivity index (χ2n) is 5.42. The van der Waals surface area contributed by atoms with Crippen molar-refractivity contribution in [3.05, 3.63) is 54.6 Å². The monoisotopic (exact) mass is 384 g/mol. The van der Waals surface area contributed by atoms with Gasteiger partial charge >= 0.3 is 6.03 Å². The Morgan fingerprint density at radius 2 is 1.78 bits per heavy atom. The van der Waals surface area contributed by atoms with Gasteiger partial charge in [-0.1, -0.05) is 18.2 Å². The number of hydrogen-bond acceptors (Lipinski definition) is 5. The van der Waals surface area contributed by atoms with Crippen molar-refractivity contribution >= 4 is 29.4 Å². The number of thioether (sulfide) groups is 1. The van der Waals surface area contributed by atoms with Crippen LogP contribution in [0.3, 0.4) is 0 Å². The van der Waals surface area contributed by atoms with Crippen LogP contribution in [-0.2, 0) is 4.79 Å². The van der Waals surface area contributed by atoms with E-state index < -0.39 is 18.0 Å². The average Bonchev–Trinajstić information content (AvgIpc) is 2.68. The summed E-state index contributed by atoms with van der Waals surface area (Å²) in [4.78, 5) is 24.1. The molecule has 0 bridgehead atoms. The maximum atomic E-state index is 12.1. The maximum absolute atomic E-state index is 12.1. The fraction of sp³-hybridized carbons (Fsp3) is 0.211. The Hall–Kier alpha value is -3.18. The minimum atomic E-state index is -0.728. The average molecular weight is 384 g/mol. The first kappa shape index (κ1) is 20.1. The summed E-state index contributed by atoms with van der Waals surface area (Å²) >= 11 is 1.42. The molecule has 8 heteroatoms. The molecule has 0 saturated carbocycles. The van der Waals surface area contributed by atoms with Gasteiger partial charge in [-0.25, -0.2) is 4.79 Å². The third kappa shape index (κ3) is 6.92. The summed E-state index contributed by atoms with van der Waals surface area (Å²) < 4.78 is 5.69. The second kappa shape index (κ2) is 10.7. The summed E-state index contributed by atoms with van der Waals surface area (Å²) in [5, 5.41) is 16.3. The van der Waals surface area contributed by atoms with Crippen LogP contribution in [0, 0.1) is 11.3 Å². The van der Waals surface area contributed by atoms with Gasteiger partial charge in [-0.05, 0) is 42.7 Å². The predicted octanol–water partition coefficient (Wildman–Crippen LogP) is 2.97. The Kier molecular flexibility index (Phi) is 8.00. The lowest BCUT2D eigenvalue weighted by Gasteiger charge is -2.17. The quantitative estimate of drug-likeness (QED) is 0.607. The molecule has 0 radical (unpaired) electrons. The molecule has 0 aliphatic carbocycles. The molecule has 0 aromatic heterocycles. The van der Waals surface area contributed by atoms with Crippen LogP contribution in [0.5, 0.6) is 11.5 Å². The lowest BCUT2D eigenvalue weighted by atomic mass is 10.3. The van der Waals surface area contributed by atoms with Crippen LogP contribution in [0.4, 0.5) is 10.5 Å². The van der Waals surface area contributed by atoms with E-state index in [1.165, 1.54) is 11.8 Å². The smallest absolute Gasteiger partial charge is 0.319 e. The van der Waals surface area contributed by atoms with Gasteiger partial charge in [-0.15, -0.1) is 0 Å². The van der Waals surface area contributed by atoms with Gasteiger partial charge in [0, 0.05) is 11.4 Å². The zero-order valence-electron chi connectivity index (χ0n) is 14.8. The van der Waals surface area contributed by atoms with Crippen LogP contribution < -0.4 is 20.7 Å². The van der Waals surface area contributed by atoms with Gasteiger partial charge < -0.3 is 20.7 Å². The molecule has 0 aliphatic rings. The van der Waals surface area contributed by atoms with Crippen molar-refractivity contribution in [2.75, 3.05) is 23.9 Å². The van der Waals surface area contributed by atoms with Gasteiger partial charge in [-0.3, -0.25) is 4.79 Å². The zero-order valence-corrected chi connectivity index (χ0v) is 15.6. The third-order valence-corrected chi connectivity index (χ3v) is 4.05. The molecular formula is C19H20N4O3S. The second-order valence-corrected chi connectivity index (χ2v) is 6.33. The Bertz CT molecular complexity index is 791. The third-order valence-electron chi connectivity index (χ3n) is 3.39. The first-order chi connectivity index (χ1) is 13.1. The van der Waals surface area contributed by atoms with Crippen molar-refractivity contribution in [1.29, 1.82) is 5.26 Å². The van der Waals surface area contributed by atoms with Gasteiger partial charge in [0.1, 0.15) is 24.1 Å². The Labute approximate surface area is 162 Å². The predicted molar refractivity (Wildman–Crippen MR) is 106 cm³/mol. The number of ether oxygens (including phenoxy) is 1. The van der Waals surface area contributed by atoms with Crippen molar-refractivity contribution in [2.45, 2.75) is 6.04 Å². The minimum Gasteiger partial charge on any atom is -0.457 e. The fourth-order valence-electron chi connectivity index (χ4n) is 2.16. The normalized spacial score (nSPS) is 11.0. The highest BCUT2D eigenvalue weighted by Gasteiger charge is 2.19. The molecule has 27 heavy (non-hydrogen) atoms. The van der Waals surface area contributed by atoms with E-state index in [1.54, 1.807) is 24.3 Å². The number of nitriles is 1. The standard InChI is InChI=1S/C19H20N4O3S/c1-27-13-17(18(24)21-12-11-20)23-19(25)22-14-7-9-16(10-8-14)26-15-5-3-2-4-6-15/h2-10,17H,12-13H2,1H3,(H,21,24)(H2,22,23,25). The number of para-hydroxylation sites is 1.